The Morgan fingerprint density at radius 3 is 2.11 bits per heavy atom. The quantitative estimate of drug-likeness (QED) is 0.741. The molecule has 1 heterocycles. The predicted molar refractivity (Wildman–Crippen MR) is 81.6 cm³/mol. The molecule has 2 nitrogen and oxygen atoms in total. The van der Waals surface area contributed by atoms with Crippen molar-refractivity contribution in [1.82, 2.24) is 0 Å². The zero-order valence-electron chi connectivity index (χ0n) is 11.5. The van der Waals surface area contributed by atoms with E-state index < -0.39 is 0 Å². The van der Waals surface area contributed by atoms with Crippen LogP contribution in [-0.2, 0) is 9.31 Å². The second kappa shape index (κ2) is 5.14. The molecule has 102 valence electrons. The first-order chi connectivity index (χ1) is 8.71. The van der Waals surface area contributed by atoms with E-state index in [1.807, 2.05) is 51.9 Å². The van der Waals surface area contributed by atoms with E-state index in [1.165, 1.54) is 0 Å². The third-order valence-corrected chi connectivity index (χ3v) is 4.40. The molecule has 1 aliphatic heterocycles. The van der Waals surface area contributed by atoms with Crippen molar-refractivity contribution in [3.05, 3.63) is 39.8 Å². The molecule has 0 bridgehead atoms. The van der Waals surface area contributed by atoms with Crippen LogP contribution in [0.5, 0.6) is 0 Å². The zero-order valence-corrected chi connectivity index (χ0v) is 13.0. The molecule has 0 amide bonds. The lowest BCUT2D eigenvalue weighted by molar-refractivity contribution is 0.00578. The second-order valence-electron chi connectivity index (χ2n) is 5.66. The molecule has 1 fully saturated rings. The molecule has 0 unspecified atom stereocenters. The van der Waals surface area contributed by atoms with Gasteiger partial charge in [-0.2, -0.15) is 0 Å². The summed E-state index contributed by atoms with van der Waals surface area (Å²) in [5, 5.41) is 1.09. The van der Waals surface area contributed by atoms with Crippen molar-refractivity contribution in [2.24, 2.45) is 0 Å². The number of benzene rings is 1. The minimum atomic E-state index is -0.348. The lowest BCUT2D eigenvalue weighted by atomic mass is 9.89. The van der Waals surface area contributed by atoms with E-state index in [9.17, 15) is 0 Å². The van der Waals surface area contributed by atoms with Gasteiger partial charge in [0.1, 0.15) is 0 Å². The summed E-state index contributed by atoms with van der Waals surface area (Å²) in [6.45, 7) is 8.11. The molecule has 0 saturated carbocycles. The maximum Gasteiger partial charge on any atom is 0.487 e. The minimum absolute atomic E-state index is 0.320. The highest BCUT2D eigenvalue weighted by Crippen LogP contribution is 2.37. The van der Waals surface area contributed by atoms with E-state index >= 15 is 0 Å². The van der Waals surface area contributed by atoms with Gasteiger partial charge < -0.3 is 9.31 Å². The summed E-state index contributed by atoms with van der Waals surface area (Å²) in [7, 11) is -0.348. The van der Waals surface area contributed by atoms with E-state index in [0.717, 1.165) is 5.56 Å². The smallest absolute Gasteiger partial charge is 0.400 e. The van der Waals surface area contributed by atoms with Crippen LogP contribution < -0.4 is 0 Å². The van der Waals surface area contributed by atoms with E-state index in [-0.39, 0.29) is 18.3 Å². The Labute approximate surface area is 124 Å². The van der Waals surface area contributed by atoms with Crippen molar-refractivity contribution in [2.45, 2.75) is 38.9 Å². The molecular formula is C14H17BCl2O2. The Bertz CT molecular complexity index is 496. The van der Waals surface area contributed by atoms with Crippen molar-refractivity contribution in [3.8, 4) is 0 Å². The van der Waals surface area contributed by atoms with Crippen LogP contribution in [0, 0.1) is 0 Å². The number of rotatable bonds is 2. The summed E-state index contributed by atoms with van der Waals surface area (Å²) in [5.41, 5.74) is 0.323. The summed E-state index contributed by atoms with van der Waals surface area (Å²) < 4.78 is 11.7. The van der Waals surface area contributed by atoms with Crippen molar-refractivity contribution in [1.29, 1.82) is 0 Å². The van der Waals surface area contributed by atoms with Gasteiger partial charge in [-0.1, -0.05) is 41.3 Å². The highest BCUT2D eigenvalue weighted by molar-refractivity contribution is 6.52. The molecule has 0 radical (unpaired) electrons. The molecule has 19 heavy (non-hydrogen) atoms. The normalized spacial score (nSPS) is 21.3. The molecule has 0 N–H and O–H groups in total. The average Bonchev–Trinajstić information content (AvgIpc) is 2.49. The van der Waals surface area contributed by atoms with E-state index in [4.69, 9.17) is 32.5 Å². The summed E-state index contributed by atoms with van der Waals surface area (Å²) >= 11 is 11.8. The van der Waals surface area contributed by atoms with Gasteiger partial charge in [0, 0.05) is 0 Å². The topological polar surface area (TPSA) is 18.5 Å². The molecular weight excluding hydrogens is 282 g/mol. The van der Waals surface area contributed by atoms with Gasteiger partial charge in [0.15, 0.2) is 0 Å². The Morgan fingerprint density at radius 2 is 1.58 bits per heavy atom. The van der Waals surface area contributed by atoms with Crippen molar-refractivity contribution < 1.29 is 9.31 Å². The zero-order chi connectivity index (χ0) is 14.3. The lowest BCUT2D eigenvalue weighted by Gasteiger charge is -2.32. The fourth-order valence-corrected chi connectivity index (χ4v) is 2.08. The van der Waals surface area contributed by atoms with Gasteiger partial charge in [-0.05, 0) is 45.4 Å². The van der Waals surface area contributed by atoms with Crippen LogP contribution in [0.1, 0.15) is 33.3 Å². The Morgan fingerprint density at radius 1 is 1.00 bits per heavy atom. The molecule has 0 aliphatic carbocycles. The fourth-order valence-electron chi connectivity index (χ4n) is 1.77. The summed E-state index contributed by atoms with van der Waals surface area (Å²) in [6, 6.07) is 5.48. The van der Waals surface area contributed by atoms with Crippen molar-refractivity contribution >= 4 is 36.4 Å². The van der Waals surface area contributed by atoms with E-state index in [1.54, 1.807) is 6.07 Å². The molecule has 0 spiro atoms. The van der Waals surface area contributed by atoms with Gasteiger partial charge in [0.2, 0.25) is 0 Å². The average molecular weight is 299 g/mol. The molecule has 0 aromatic heterocycles. The van der Waals surface area contributed by atoms with Gasteiger partial charge in [0.05, 0.1) is 21.2 Å². The SMILES string of the molecule is CC1(C)OB(/C=C/c2ccc(Cl)c(Cl)c2)OC1(C)C. The maximum absolute atomic E-state index is 5.97. The van der Waals surface area contributed by atoms with E-state index in [0.29, 0.717) is 10.0 Å². The molecule has 1 aromatic carbocycles. The van der Waals surface area contributed by atoms with Crippen LogP contribution in [0.3, 0.4) is 0 Å². The molecule has 5 heteroatoms. The van der Waals surface area contributed by atoms with E-state index in [2.05, 4.69) is 0 Å². The largest absolute Gasteiger partial charge is 0.487 e. The monoisotopic (exact) mass is 298 g/mol. The predicted octanol–water partition coefficient (Wildman–Crippen LogP) is 4.64. The first-order valence-corrected chi connectivity index (χ1v) is 6.96. The lowest BCUT2D eigenvalue weighted by Crippen LogP contribution is -2.41. The van der Waals surface area contributed by atoms with Crippen molar-refractivity contribution in [2.75, 3.05) is 0 Å². The van der Waals surface area contributed by atoms with Gasteiger partial charge in [-0.3, -0.25) is 0 Å². The Balaban J connectivity index is 2.10. The van der Waals surface area contributed by atoms with Crippen LogP contribution >= 0.6 is 23.2 Å². The minimum Gasteiger partial charge on any atom is -0.400 e. The molecule has 0 atom stereocenters. The van der Waals surface area contributed by atoms with Crippen LogP contribution in [0.25, 0.3) is 6.08 Å². The molecule has 1 aromatic rings. The number of halogens is 2. The molecule has 1 saturated heterocycles. The maximum atomic E-state index is 5.97. The van der Waals surface area contributed by atoms with Crippen molar-refractivity contribution in [3.63, 3.8) is 0 Å². The molecule has 2 rings (SSSR count). The van der Waals surface area contributed by atoms with Crippen LogP contribution in [0.15, 0.2) is 24.2 Å². The van der Waals surface area contributed by atoms with Gasteiger partial charge in [-0.15, -0.1) is 0 Å². The Hall–Kier alpha value is -0.475. The highest BCUT2D eigenvalue weighted by Gasteiger charge is 2.49. The first kappa shape index (κ1) is 14.9. The van der Waals surface area contributed by atoms with Gasteiger partial charge in [-0.25, -0.2) is 0 Å². The van der Waals surface area contributed by atoms with Gasteiger partial charge >= 0.3 is 7.12 Å². The summed E-state index contributed by atoms with van der Waals surface area (Å²) in [4.78, 5) is 0. The standard InChI is InChI=1S/C14H17BCl2O2/c1-13(2)14(3,4)19-15(18-13)8-7-10-5-6-11(16)12(17)9-10/h5-9H,1-4H3/b8-7+. The Kier molecular flexibility index (Phi) is 4.03. The molecule has 1 aliphatic rings. The first-order valence-electron chi connectivity index (χ1n) is 6.20. The fraction of sp³-hybridized carbons (Fsp3) is 0.429. The third kappa shape index (κ3) is 3.17. The number of hydrogen-bond acceptors (Lipinski definition) is 2. The van der Waals surface area contributed by atoms with Crippen LogP contribution in [0.4, 0.5) is 0 Å². The summed E-state index contributed by atoms with van der Waals surface area (Å²) in [6.07, 6.45) is 1.92. The highest BCUT2D eigenvalue weighted by atomic mass is 35.5. The number of hydrogen-bond donors (Lipinski definition) is 0. The van der Waals surface area contributed by atoms with Gasteiger partial charge in [0.25, 0.3) is 0 Å². The van der Waals surface area contributed by atoms with Crippen LogP contribution in [-0.4, -0.2) is 18.3 Å². The van der Waals surface area contributed by atoms with Crippen LogP contribution in [0.2, 0.25) is 10.0 Å². The third-order valence-electron chi connectivity index (χ3n) is 3.66. The second-order valence-corrected chi connectivity index (χ2v) is 6.47. The summed E-state index contributed by atoms with van der Waals surface area (Å²) in [5.74, 6) is 1.88.